The summed E-state index contributed by atoms with van der Waals surface area (Å²) in [5.74, 6) is 0.983. The van der Waals surface area contributed by atoms with Gasteiger partial charge in [0.2, 0.25) is 5.91 Å². The number of hydrogen-bond acceptors (Lipinski definition) is 3. The standard InChI is InChI=1S/C20H23N3O2S/c1-25-18-9-7-17(8-10-18)21-20(26)23-13-11-22(12-14-23)19(24)15-16-5-3-2-4-6-16/h2-10H,11-15H2,1H3,(H,21,26). The van der Waals surface area contributed by atoms with Crippen LogP contribution in [0.1, 0.15) is 5.56 Å². The molecule has 0 radical (unpaired) electrons. The molecule has 2 aromatic carbocycles. The first-order valence-electron chi connectivity index (χ1n) is 8.67. The Kier molecular flexibility index (Phi) is 6.07. The van der Waals surface area contributed by atoms with Gasteiger partial charge in [-0.2, -0.15) is 0 Å². The summed E-state index contributed by atoms with van der Waals surface area (Å²) in [5.41, 5.74) is 1.98. The van der Waals surface area contributed by atoms with Crippen LogP contribution in [-0.2, 0) is 11.2 Å². The van der Waals surface area contributed by atoms with E-state index in [1.807, 2.05) is 59.5 Å². The molecule has 0 unspecified atom stereocenters. The summed E-state index contributed by atoms with van der Waals surface area (Å²) in [4.78, 5) is 16.5. The van der Waals surface area contributed by atoms with Crippen molar-refractivity contribution in [2.45, 2.75) is 6.42 Å². The second kappa shape index (κ2) is 8.67. The lowest BCUT2D eigenvalue weighted by atomic mass is 10.1. The zero-order chi connectivity index (χ0) is 18.4. The van der Waals surface area contributed by atoms with Gasteiger partial charge in [0.1, 0.15) is 5.75 Å². The highest BCUT2D eigenvalue weighted by Gasteiger charge is 2.22. The highest BCUT2D eigenvalue weighted by Crippen LogP contribution is 2.16. The van der Waals surface area contributed by atoms with Crippen molar-refractivity contribution in [1.82, 2.24) is 9.80 Å². The van der Waals surface area contributed by atoms with Crippen LogP contribution in [0.15, 0.2) is 54.6 Å². The molecule has 0 spiro atoms. The van der Waals surface area contributed by atoms with Gasteiger partial charge in [-0.3, -0.25) is 4.79 Å². The molecule has 0 bridgehead atoms. The third-order valence-corrected chi connectivity index (χ3v) is 4.82. The molecule has 0 aliphatic carbocycles. The average Bonchev–Trinajstić information content (AvgIpc) is 2.69. The average molecular weight is 369 g/mol. The number of carbonyl (C=O) groups excluding carboxylic acids is 1. The molecule has 0 saturated carbocycles. The number of piperazine rings is 1. The molecule has 6 heteroatoms. The maximum atomic E-state index is 12.4. The minimum Gasteiger partial charge on any atom is -0.497 e. The fourth-order valence-corrected chi connectivity index (χ4v) is 3.22. The molecule has 3 rings (SSSR count). The zero-order valence-electron chi connectivity index (χ0n) is 14.9. The van der Waals surface area contributed by atoms with Crippen LogP contribution < -0.4 is 10.1 Å². The Morgan fingerprint density at radius 3 is 2.23 bits per heavy atom. The molecule has 26 heavy (non-hydrogen) atoms. The summed E-state index contributed by atoms with van der Waals surface area (Å²) < 4.78 is 5.16. The Hall–Kier alpha value is -2.60. The van der Waals surface area contributed by atoms with Gasteiger partial charge in [0, 0.05) is 31.9 Å². The zero-order valence-corrected chi connectivity index (χ0v) is 15.7. The van der Waals surface area contributed by atoms with E-state index in [2.05, 4.69) is 10.2 Å². The minimum absolute atomic E-state index is 0.171. The molecule has 0 aromatic heterocycles. The number of methoxy groups -OCH3 is 1. The van der Waals surface area contributed by atoms with Crippen LogP contribution in [0.4, 0.5) is 5.69 Å². The first-order chi connectivity index (χ1) is 12.7. The van der Waals surface area contributed by atoms with Crippen molar-refractivity contribution < 1.29 is 9.53 Å². The second-order valence-corrected chi connectivity index (χ2v) is 6.58. The fraction of sp³-hybridized carbons (Fsp3) is 0.300. The molecule has 1 N–H and O–H groups in total. The maximum Gasteiger partial charge on any atom is 0.227 e. The first kappa shape index (κ1) is 18.2. The largest absolute Gasteiger partial charge is 0.497 e. The van der Waals surface area contributed by atoms with E-state index in [0.717, 1.165) is 30.1 Å². The Morgan fingerprint density at radius 2 is 1.62 bits per heavy atom. The van der Waals surface area contributed by atoms with Crippen molar-refractivity contribution in [3.05, 3.63) is 60.2 Å². The van der Waals surface area contributed by atoms with Crippen molar-refractivity contribution in [3.8, 4) is 5.75 Å². The van der Waals surface area contributed by atoms with Gasteiger partial charge in [0.15, 0.2) is 5.11 Å². The van der Waals surface area contributed by atoms with Crippen molar-refractivity contribution >= 4 is 28.9 Å². The van der Waals surface area contributed by atoms with E-state index in [9.17, 15) is 4.79 Å². The lowest BCUT2D eigenvalue weighted by molar-refractivity contribution is -0.131. The summed E-state index contributed by atoms with van der Waals surface area (Å²) in [7, 11) is 1.64. The van der Waals surface area contributed by atoms with Crippen molar-refractivity contribution in [2.75, 3.05) is 38.6 Å². The third kappa shape index (κ3) is 4.73. The van der Waals surface area contributed by atoms with E-state index >= 15 is 0 Å². The molecule has 1 fully saturated rings. The number of rotatable bonds is 4. The van der Waals surface area contributed by atoms with Crippen molar-refractivity contribution in [3.63, 3.8) is 0 Å². The molecule has 2 aromatic rings. The maximum absolute atomic E-state index is 12.4. The smallest absolute Gasteiger partial charge is 0.227 e. The normalized spacial score (nSPS) is 14.0. The van der Waals surface area contributed by atoms with Crippen LogP contribution >= 0.6 is 12.2 Å². The summed E-state index contributed by atoms with van der Waals surface area (Å²) in [6, 6.07) is 17.5. The molecule has 0 atom stereocenters. The number of carbonyl (C=O) groups is 1. The van der Waals surface area contributed by atoms with Crippen molar-refractivity contribution in [1.29, 1.82) is 0 Å². The Balaban J connectivity index is 1.48. The van der Waals surface area contributed by atoms with E-state index in [4.69, 9.17) is 17.0 Å². The predicted octanol–water partition coefficient (Wildman–Crippen LogP) is 2.78. The van der Waals surface area contributed by atoms with Crippen molar-refractivity contribution in [2.24, 2.45) is 0 Å². The first-order valence-corrected chi connectivity index (χ1v) is 9.08. The van der Waals surface area contributed by atoms with Crippen LogP contribution in [0.3, 0.4) is 0 Å². The van der Waals surface area contributed by atoms with Crippen LogP contribution in [-0.4, -0.2) is 54.1 Å². The highest BCUT2D eigenvalue weighted by molar-refractivity contribution is 7.80. The fourth-order valence-electron chi connectivity index (χ4n) is 2.92. The molecule has 5 nitrogen and oxygen atoms in total. The summed E-state index contributed by atoms with van der Waals surface area (Å²) >= 11 is 5.51. The minimum atomic E-state index is 0.171. The Labute approximate surface area is 159 Å². The third-order valence-electron chi connectivity index (χ3n) is 4.46. The van der Waals surface area contributed by atoms with E-state index in [-0.39, 0.29) is 5.91 Å². The number of nitrogens with one attached hydrogen (secondary N) is 1. The lowest BCUT2D eigenvalue weighted by Crippen LogP contribution is -2.51. The monoisotopic (exact) mass is 369 g/mol. The van der Waals surface area contributed by atoms with Crippen LogP contribution in [0, 0.1) is 0 Å². The van der Waals surface area contributed by atoms with Crippen LogP contribution in [0.25, 0.3) is 0 Å². The van der Waals surface area contributed by atoms with E-state index in [0.29, 0.717) is 24.6 Å². The number of hydrogen-bond donors (Lipinski definition) is 1. The molecular weight excluding hydrogens is 346 g/mol. The molecule has 1 saturated heterocycles. The number of ether oxygens (including phenoxy) is 1. The van der Waals surface area contributed by atoms with Gasteiger partial charge in [-0.05, 0) is 42.0 Å². The number of amides is 1. The van der Waals surface area contributed by atoms with Gasteiger partial charge in [-0.25, -0.2) is 0 Å². The second-order valence-electron chi connectivity index (χ2n) is 6.19. The van der Waals surface area contributed by atoms with Gasteiger partial charge in [0.25, 0.3) is 0 Å². The van der Waals surface area contributed by atoms with E-state index < -0.39 is 0 Å². The van der Waals surface area contributed by atoms with Gasteiger partial charge < -0.3 is 19.9 Å². The van der Waals surface area contributed by atoms with Crippen LogP contribution in [0.2, 0.25) is 0 Å². The topological polar surface area (TPSA) is 44.8 Å². The summed E-state index contributed by atoms with van der Waals surface area (Å²) in [6.07, 6.45) is 0.454. The molecule has 1 aliphatic rings. The van der Waals surface area contributed by atoms with Gasteiger partial charge in [-0.15, -0.1) is 0 Å². The van der Waals surface area contributed by atoms with Gasteiger partial charge in [0.05, 0.1) is 13.5 Å². The number of anilines is 1. The number of nitrogens with zero attached hydrogens (tertiary/aromatic N) is 2. The summed E-state index contributed by atoms with van der Waals surface area (Å²) in [5, 5.41) is 3.93. The number of thiocarbonyl (C=S) groups is 1. The quantitative estimate of drug-likeness (QED) is 0.840. The van der Waals surface area contributed by atoms with Crippen LogP contribution in [0.5, 0.6) is 5.75 Å². The lowest BCUT2D eigenvalue weighted by Gasteiger charge is -2.36. The summed E-state index contributed by atoms with van der Waals surface area (Å²) in [6.45, 7) is 2.86. The molecule has 136 valence electrons. The SMILES string of the molecule is COc1ccc(NC(=S)N2CCN(C(=O)Cc3ccccc3)CC2)cc1. The Morgan fingerprint density at radius 1 is 1.00 bits per heavy atom. The predicted molar refractivity (Wildman–Crippen MR) is 108 cm³/mol. The Bertz CT molecular complexity index is 741. The molecular formula is C20H23N3O2S. The van der Waals surface area contributed by atoms with Gasteiger partial charge in [-0.1, -0.05) is 30.3 Å². The molecule has 1 amide bonds. The molecule has 1 heterocycles. The van der Waals surface area contributed by atoms with E-state index in [1.165, 1.54) is 0 Å². The van der Waals surface area contributed by atoms with E-state index in [1.54, 1.807) is 7.11 Å². The highest BCUT2D eigenvalue weighted by atomic mass is 32.1. The van der Waals surface area contributed by atoms with Gasteiger partial charge >= 0.3 is 0 Å². The number of benzene rings is 2. The molecule has 1 aliphatic heterocycles.